The van der Waals surface area contributed by atoms with Gasteiger partial charge in [-0.1, -0.05) is 11.6 Å². The van der Waals surface area contributed by atoms with Crippen molar-refractivity contribution in [1.29, 1.82) is 5.26 Å². The number of pyridine rings is 2. The van der Waals surface area contributed by atoms with Crippen LogP contribution in [0.2, 0.25) is 5.02 Å². The van der Waals surface area contributed by atoms with Crippen molar-refractivity contribution in [2.24, 2.45) is 0 Å². The molecule has 100 valence electrons. The van der Waals surface area contributed by atoms with Crippen LogP contribution in [0.25, 0.3) is 0 Å². The van der Waals surface area contributed by atoms with E-state index in [0.29, 0.717) is 10.8 Å². The van der Waals surface area contributed by atoms with Crippen LogP contribution in [0.1, 0.15) is 5.56 Å². The number of ether oxygens (including phenoxy) is 1. The Labute approximate surface area is 120 Å². The molecule has 0 atom stereocenters. The summed E-state index contributed by atoms with van der Waals surface area (Å²) in [5, 5.41) is 11.9. The fraction of sp³-hybridized carbons (Fsp3) is 0.0769. The van der Waals surface area contributed by atoms with E-state index < -0.39 is 5.91 Å². The summed E-state index contributed by atoms with van der Waals surface area (Å²) in [5.74, 6) is 0.0770. The summed E-state index contributed by atoms with van der Waals surface area (Å²) in [4.78, 5) is 19.5. The third-order valence-electron chi connectivity index (χ3n) is 2.23. The zero-order chi connectivity index (χ0) is 14.4. The summed E-state index contributed by atoms with van der Waals surface area (Å²) in [6.07, 6.45) is 2.90. The van der Waals surface area contributed by atoms with E-state index in [1.54, 1.807) is 24.3 Å². The highest BCUT2D eigenvalue weighted by Crippen LogP contribution is 2.13. The molecule has 0 bridgehead atoms. The first-order chi connectivity index (χ1) is 9.69. The molecule has 7 heteroatoms. The third-order valence-corrected chi connectivity index (χ3v) is 2.45. The number of nitrogens with one attached hydrogen (secondary N) is 1. The summed E-state index contributed by atoms with van der Waals surface area (Å²) in [5.41, 5.74) is 0.268. The van der Waals surface area contributed by atoms with Crippen molar-refractivity contribution >= 4 is 23.3 Å². The van der Waals surface area contributed by atoms with Gasteiger partial charge in [-0.25, -0.2) is 9.97 Å². The van der Waals surface area contributed by atoms with Gasteiger partial charge in [0.25, 0.3) is 5.91 Å². The Morgan fingerprint density at radius 1 is 1.40 bits per heavy atom. The molecule has 0 saturated carbocycles. The topological polar surface area (TPSA) is 87.9 Å². The van der Waals surface area contributed by atoms with Gasteiger partial charge < -0.3 is 10.1 Å². The maximum Gasteiger partial charge on any atom is 0.263 e. The van der Waals surface area contributed by atoms with Crippen LogP contribution in [0.5, 0.6) is 5.88 Å². The van der Waals surface area contributed by atoms with Gasteiger partial charge in [0.05, 0.1) is 5.02 Å². The smallest absolute Gasteiger partial charge is 0.263 e. The number of halogens is 1. The number of carbonyl (C=O) groups is 1. The largest absolute Gasteiger partial charge is 0.467 e. The Balaban J connectivity index is 1.92. The van der Waals surface area contributed by atoms with Crippen LogP contribution in [0.15, 0.2) is 36.7 Å². The fourth-order valence-corrected chi connectivity index (χ4v) is 1.47. The van der Waals surface area contributed by atoms with Gasteiger partial charge in [0.1, 0.15) is 17.5 Å². The number of hydrogen-bond acceptors (Lipinski definition) is 5. The Morgan fingerprint density at radius 2 is 2.25 bits per heavy atom. The number of carbonyl (C=O) groups excluding carboxylic acids is 1. The molecule has 0 unspecified atom stereocenters. The molecule has 20 heavy (non-hydrogen) atoms. The van der Waals surface area contributed by atoms with Gasteiger partial charge in [-0.3, -0.25) is 4.79 Å². The fourth-order valence-electron chi connectivity index (χ4n) is 1.35. The molecule has 1 N–H and O–H groups in total. The number of amides is 1. The Bertz CT molecular complexity index is 652. The number of aromatic nitrogens is 2. The Kier molecular flexibility index (Phi) is 4.47. The van der Waals surface area contributed by atoms with E-state index in [-0.39, 0.29) is 18.1 Å². The molecular formula is C13H9ClN4O2. The first kappa shape index (κ1) is 13.8. The average molecular weight is 289 g/mol. The number of nitrogens with zero attached hydrogens (tertiary/aromatic N) is 3. The predicted molar refractivity (Wildman–Crippen MR) is 72.3 cm³/mol. The van der Waals surface area contributed by atoms with Crippen molar-refractivity contribution in [3.63, 3.8) is 0 Å². The number of nitriles is 1. The minimum Gasteiger partial charge on any atom is -0.467 e. The molecule has 2 aromatic heterocycles. The second-order valence-corrected chi connectivity index (χ2v) is 4.10. The number of anilines is 1. The molecular weight excluding hydrogens is 280 g/mol. The SMILES string of the molecule is N#Cc1cccnc1OCC(=O)Nc1ccc(Cl)cn1. The zero-order valence-corrected chi connectivity index (χ0v) is 11.0. The lowest BCUT2D eigenvalue weighted by Gasteiger charge is -2.07. The highest BCUT2D eigenvalue weighted by molar-refractivity contribution is 6.30. The second kappa shape index (κ2) is 6.50. The van der Waals surface area contributed by atoms with Crippen molar-refractivity contribution < 1.29 is 9.53 Å². The molecule has 2 aromatic rings. The molecule has 0 aliphatic heterocycles. The lowest BCUT2D eigenvalue weighted by atomic mass is 10.3. The summed E-state index contributed by atoms with van der Waals surface area (Å²) in [6, 6.07) is 8.28. The molecule has 0 radical (unpaired) electrons. The quantitative estimate of drug-likeness (QED) is 0.930. The summed E-state index contributed by atoms with van der Waals surface area (Å²) >= 11 is 5.68. The maximum atomic E-state index is 11.7. The van der Waals surface area contributed by atoms with Gasteiger partial charge in [0, 0.05) is 12.4 Å². The minimum absolute atomic E-state index is 0.120. The zero-order valence-electron chi connectivity index (χ0n) is 10.2. The van der Waals surface area contributed by atoms with Crippen LogP contribution in [0, 0.1) is 11.3 Å². The molecule has 1 amide bonds. The van der Waals surface area contributed by atoms with Gasteiger partial charge in [0.2, 0.25) is 5.88 Å². The van der Waals surface area contributed by atoms with E-state index in [1.807, 2.05) is 6.07 Å². The Hall–Kier alpha value is -2.65. The maximum absolute atomic E-state index is 11.7. The standard InChI is InChI=1S/C13H9ClN4O2/c14-10-3-4-11(17-7-10)18-12(19)8-20-13-9(6-15)2-1-5-16-13/h1-5,7H,8H2,(H,17,18,19). The predicted octanol–water partition coefficient (Wildman–Crippen LogP) is 2.02. The van der Waals surface area contributed by atoms with Gasteiger partial charge in [-0.15, -0.1) is 0 Å². The highest BCUT2D eigenvalue weighted by Gasteiger charge is 2.08. The molecule has 0 spiro atoms. The van der Waals surface area contributed by atoms with Crippen LogP contribution in [0.4, 0.5) is 5.82 Å². The van der Waals surface area contributed by atoms with Gasteiger partial charge >= 0.3 is 0 Å². The molecule has 6 nitrogen and oxygen atoms in total. The summed E-state index contributed by atoms with van der Waals surface area (Å²) < 4.78 is 5.19. The van der Waals surface area contributed by atoms with Crippen molar-refractivity contribution in [1.82, 2.24) is 9.97 Å². The number of rotatable bonds is 4. The molecule has 0 fully saturated rings. The molecule has 2 rings (SSSR count). The Morgan fingerprint density at radius 3 is 2.95 bits per heavy atom. The monoisotopic (exact) mass is 288 g/mol. The molecule has 0 saturated heterocycles. The van der Waals surface area contributed by atoms with Crippen LogP contribution in [0.3, 0.4) is 0 Å². The van der Waals surface area contributed by atoms with Crippen LogP contribution < -0.4 is 10.1 Å². The number of hydrogen-bond donors (Lipinski definition) is 1. The van der Waals surface area contributed by atoms with E-state index in [9.17, 15) is 4.79 Å². The van der Waals surface area contributed by atoms with Crippen LogP contribution >= 0.6 is 11.6 Å². The molecule has 0 aliphatic rings. The normalized spacial score (nSPS) is 9.60. The van der Waals surface area contributed by atoms with Gasteiger partial charge in [-0.2, -0.15) is 5.26 Å². The highest BCUT2D eigenvalue weighted by atomic mass is 35.5. The van der Waals surface area contributed by atoms with Crippen LogP contribution in [-0.2, 0) is 4.79 Å². The van der Waals surface area contributed by atoms with Crippen molar-refractivity contribution in [2.45, 2.75) is 0 Å². The van der Waals surface area contributed by atoms with E-state index >= 15 is 0 Å². The molecule has 0 aromatic carbocycles. The van der Waals surface area contributed by atoms with Gasteiger partial charge in [0.15, 0.2) is 6.61 Å². The van der Waals surface area contributed by atoms with E-state index in [4.69, 9.17) is 21.6 Å². The van der Waals surface area contributed by atoms with Crippen molar-refractivity contribution in [3.05, 3.63) is 47.2 Å². The lowest BCUT2D eigenvalue weighted by molar-refractivity contribution is -0.118. The lowest BCUT2D eigenvalue weighted by Crippen LogP contribution is -2.21. The first-order valence-corrected chi connectivity index (χ1v) is 5.96. The minimum atomic E-state index is -0.408. The molecule has 0 aliphatic carbocycles. The molecule has 2 heterocycles. The second-order valence-electron chi connectivity index (χ2n) is 3.67. The van der Waals surface area contributed by atoms with Gasteiger partial charge in [-0.05, 0) is 24.3 Å². The van der Waals surface area contributed by atoms with E-state index in [2.05, 4.69) is 15.3 Å². The van der Waals surface area contributed by atoms with Crippen molar-refractivity contribution in [2.75, 3.05) is 11.9 Å². The summed E-state index contributed by atoms with van der Waals surface area (Å²) in [6.45, 7) is -0.268. The summed E-state index contributed by atoms with van der Waals surface area (Å²) in [7, 11) is 0. The third kappa shape index (κ3) is 3.67. The first-order valence-electron chi connectivity index (χ1n) is 5.58. The average Bonchev–Trinajstić information content (AvgIpc) is 2.48. The van der Waals surface area contributed by atoms with Crippen molar-refractivity contribution in [3.8, 4) is 11.9 Å². The van der Waals surface area contributed by atoms with Crippen LogP contribution in [-0.4, -0.2) is 22.5 Å². The van der Waals surface area contributed by atoms with E-state index in [1.165, 1.54) is 12.4 Å². The van der Waals surface area contributed by atoms with E-state index in [0.717, 1.165) is 0 Å².